The first-order chi connectivity index (χ1) is 15.7. The van der Waals surface area contributed by atoms with E-state index in [4.69, 9.17) is 4.98 Å². The second-order valence-corrected chi connectivity index (χ2v) is 10.7. The molecule has 2 aliphatic carbocycles. The second kappa shape index (κ2) is 9.74. The minimum atomic E-state index is -0.0672. The van der Waals surface area contributed by atoms with Gasteiger partial charge in [0, 0.05) is 31.0 Å². The molecule has 2 fully saturated rings. The highest BCUT2D eigenvalue weighted by atomic mass is 32.1. The molecule has 0 spiro atoms. The van der Waals surface area contributed by atoms with Crippen molar-refractivity contribution in [3.8, 4) is 0 Å². The van der Waals surface area contributed by atoms with Crippen LogP contribution in [0.15, 0.2) is 36.4 Å². The number of aromatic nitrogens is 1. The van der Waals surface area contributed by atoms with Crippen molar-refractivity contribution < 1.29 is 9.59 Å². The fraction of sp³-hybridized carbons (Fsp3) is 0.577. The van der Waals surface area contributed by atoms with Crippen LogP contribution in [0.1, 0.15) is 68.7 Å². The number of hydrogen-bond acceptors (Lipinski definition) is 4. The Hall–Kier alpha value is -2.21. The van der Waals surface area contributed by atoms with Crippen LogP contribution in [0.2, 0.25) is 0 Å². The van der Waals surface area contributed by atoms with Crippen molar-refractivity contribution in [3.05, 3.63) is 41.4 Å². The minimum absolute atomic E-state index is 0.0672. The van der Waals surface area contributed by atoms with Gasteiger partial charge >= 0.3 is 0 Å². The van der Waals surface area contributed by atoms with Crippen LogP contribution in [-0.2, 0) is 9.59 Å². The highest BCUT2D eigenvalue weighted by Crippen LogP contribution is 2.38. The summed E-state index contributed by atoms with van der Waals surface area (Å²) in [7, 11) is 0. The predicted octanol–water partition coefficient (Wildman–Crippen LogP) is 5.03. The van der Waals surface area contributed by atoms with Gasteiger partial charge in [-0.1, -0.05) is 43.5 Å². The topological polar surface area (TPSA) is 62.3 Å². The van der Waals surface area contributed by atoms with E-state index in [9.17, 15) is 9.59 Å². The smallest absolute Gasteiger partial charge is 0.225 e. The molecule has 1 aliphatic heterocycles. The summed E-state index contributed by atoms with van der Waals surface area (Å²) in [5.74, 6) is 0.810. The molecule has 2 amide bonds. The number of fused-ring (bicyclic) bond motifs is 1. The lowest BCUT2D eigenvalue weighted by Crippen LogP contribution is -2.49. The van der Waals surface area contributed by atoms with E-state index in [1.54, 1.807) is 11.3 Å². The summed E-state index contributed by atoms with van der Waals surface area (Å²) in [5.41, 5.74) is 1.02. The SMILES string of the molecule is O=C(NC1CCN(C(=O)C2CCCCC2)CC1)C1CC=CCC1c1nc2ccccc2s1. The van der Waals surface area contributed by atoms with Crippen LogP contribution in [0.4, 0.5) is 0 Å². The maximum Gasteiger partial charge on any atom is 0.225 e. The van der Waals surface area contributed by atoms with Gasteiger partial charge in [0.05, 0.1) is 21.1 Å². The molecule has 2 atom stereocenters. The Balaban J connectivity index is 1.19. The van der Waals surface area contributed by atoms with Crippen molar-refractivity contribution in [2.45, 2.75) is 69.7 Å². The van der Waals surface area contributed by atoms with Crippen LogP contribution >= 0.6 is 11.3 Å². The molecule has 32 heavy (non-hydrogen) atoms. The van der Waals surface area contributed by atoms with Gasteiger partial charge in [-0.05, 0) is 50.7 Å². The largest absolute Gasteiger partial charge is 0.353 e. The molecular weight excluding hydrogens is 418 g/mol. The summed E-state index contributed by atoms with van der Waals surface area (Å²) in [5, 5.41) is 4.40. The standard InChI is InChI=1S/C26H33N3O2S/c30-24(27-19-14-16-29(17-15-19)26(31)18-8-2-1-3-9-18)20-10-4-5-11-21(20)25-28-22-12-6-7-13-23(22)32-25/h4-7,12-13,18-21H,1-3,8-11,14-17H2,(H,27,30). The van der Waals surface area contributed by atoms with Crippen LogP contribution in [-0.4, -0.2) is 40.8 Å². The average Bonchev–Trinajstić information content (AvgIpc) is 3.29. The van der Waals surface area contributed by atoms with Gasteiger partial charge in [-0.2, -0.15) is 0 Å². The predicted molar refractivity (Wildman–Crippen MR) is 129 cm³/mol. The maximum absolute atomic E-state index is 13.3. The van der Waals surface area contributed by atoms with Crippen molar-refractivity contribution in [2.75, 3.05) is 13.1 Å². The Kier molecular flexibility index (Phi) is 6.58. The van der Waals surface area contributed by atoms with Gasteiger partial charge < -0.3 is 10.2 Å². The number of nitrogens with one attached hydrogen (secondary N) is 1. The monoisotopic (exact) mass is 451 g/mol. The number of nitrogens with zero attached hydrogens (tertiary/aromatic N) is 2. The zero-order valence-electron chi connectivity index (χ0n) is 18.7. The van der Waals surface area contributed by atoms with Crippen LogP contribution in [0.3, 0.4) is 0 Å². The number of carbonyl (C=O) groups is 2. The van der Waals surface area contributed by atoms with Gasteiger partial charge in [0.15, 0.2) is 0 Å². The molecule has 2 heterocycles. The van der Waals surface area contributed by atoms with E-state index in [2.05, 4.69) is 23.5 Å². The highest BCUT2D eigenvalue weighted by molar-refractivity contribution is 7.18. The zero-order valence-corrected chi connectivity index (χ0v) is 19.5. The Bertz CT molecular complexity index is 953. The number of thiazole rings is 1. The third-order valence-corrected chi connectivity index (χ3v) is 8.67. The molecule has 5 nitrogen and oxygen atoms in total. The molecule has 5 rings (SSSR count). The number of para-hydroxylation sites is 1. The van der Waals surface area contributed by atoms with Gasteiger partial charge in [0.25, 0.3) is 0 Å². The zero-order chi connectivity index (χ0) is 21.9. The van der Waals surface area contributed by atoms with Gasteiger partial charge in [0.2, 0.25) is 11.8 Å². The van der Waals surface area contributed by atoms with Gasteiger partial charge in [0.1, 0.15) is 0 Å². The maximum atomic E-state index is 13.3. The normalized spacial score (nSPS) is 25.2. The van der Waals surface area contributed by atoms with E-state index < -0.39 is 0 Å². The van der Waals surface area contributed by atoms with E-state index in [-0.39, 0.29) is 29.7 Å². The van der Waals surface area contributed by atoms with Crippen LogP contribution in [0, 0.1) is 11.8 Å². The summed E-state index contributed by atoms with van der Waals surface area (Å²) in [6.45, 7) is 1.54. The van der Waals surface area contributed by atoms with Crippen molar-refractivity contribution in [1.82, 2.24) is 15.2 Å². The molecule has 1 N–H and O–H groups in total. The first-order valence-electron chi connectivity index (χ1n) is 12.3. The summed E-state index contributed by atoms with van der Waals surface area (Å²) in [4.78, 5) is 33.0. The van der Waals surface area contributed by atoms with E-state index in [0.717, 1.165) is 62.1 Å². The molecule has 0 bridgehead atoms. The Morgan fingerprint density at radius 1 is 0.969 bits per heavy atom. The molecule has 2 unspecified atom stereocenters. The van der Waals surface area contributed by atoms with E-state index in [0.29, 0.717) is 5.91 Å². The number of benzene rings is 1. The average molecular weight is 452 g/mol. The van der Waals surface area contributed by atoms with Gasteiger partial charge in [-0.25, -0.2) is 4.98 Å². The highest BCUT2D eigenvalue weighted by Gasteiger charge is 2.35. The number of piperidine rings is 1. The summed E-state index contributed by atoms with van der Waals surface area (Å²) in [6.07, 6.45) is 13.4. The van der Waals surface area contributed by atoms with Crippen LogP contribution in [0.5, 0.6) is 0 Å². The van der Waals surface area contributed by atoms with Crippen molar-refractivity contribution in [2.24, 2.45) is 11.8 Å². The quantitative estimate of drug-likeness (QED) is 0.663. The third kappa shape index (κ3) is 4.61. The number of amides is 2. The fourth-order valence-electron chi connectivity index (χ4n) is 5.59. The number of hydrogen-bond donors (Lipinski definition) is 1. The van der Waals surface area contributed by atoms with E-state index in [1.165, 1.54) is 24.0 Å². The Morgan fingerprint density at radius 2 is 1.72 bits per heavy atom. The molecular formula is C26H33N3O2S. The van der Waals surface area contributed by atoms with E-state index >= 15 is 0 Å². The Morgan fingerprint density at radius 3 is 2.50 bits per heavy atom. The number of rotatable bonds is 4. The van der Waals surface area contributed by atoms with E-state index in [1.807, 2.05) is 23.1 Å². The van der Waals surface area contributed by atoms with Crippen LogP contribution in [0.25, 0.3) is 10.2 Å². The molecule has 1 aromatic carbocycles. The number of likely N-dealkylation sites (tertiary alicyclic amines) is 1. The summed E-state index contributed by atoms with van der Waals surface area (Å²) in [6, 6.07) is 8.38. The van der Waals surface area contributed by atoms with Gasteiger partial charge in [-0.15, -0.1) is 11.3 Å². The van der Waals surface area contributed by atoms with Crippen molar-refractivity contribution >= 4 is 33.4 Å². The molecule has 1 saturated heterocycles. The lowest BCUT2D eigenvalue weighted by Gasteiger charge is -2.36. The first kappa shape index (κ1) is 21.6. The number of carbonyl (C=O) groups excluding carboxylic acids is 2. The molecule has 1 aromatic heterocycles. The summed E-state index contributed by atoms with van der Waals surface area (Å²) >= 11 is 1.72. The molecule has 0 radical (unpaired) electrons. The van der Waals surface area contributed by atoms with Crippen LogP contribution < -0.4 is 5.32 Å². The molecule has 6 heteroatoms. The third-order valence-electron chi connectivity index (χ3n) is 7.50. The van der Waals surface area contributed by atoms with Crippen molar-refractivity contribution in [3.63, 3.8) is 0 Å². The molecule has 1 saturated carbocycles. The first-order valence-corrected chi connectivity index (χ1v) is 13.1. The number of allylic oxidation sites excluding steroid dienone is 2. The molecule has 3 aliphatic rings. The fourth-order valence-corrected chi connectivity index (χ4v) is 6.73. The molecule has 2 aromatic rings. The summed E-state index contributed by atoms with van der Waals surface area (Å²) < 4.78 is 1.19. The lowest BCUT2D eigenvalue weighted by molar-refractivity contribution is -0.137. The second-order valence-electron chi connectivity index (χ2n) is 9.62. The minimum Gasteiger partial charge on any atom is -0.353 e. The lowest BCUT2D eigenvalue weighted by atomic mass is 9.82. The molecule has 170 valence electrons. The van der Waals surface area contributed by atoms with Crippen molar-refractivity contribution in [1.29, 1.82) is 0 Å². The Labute approximate surface area is 194 Å². The van der Waals surface area contributed by atoms with Gasteiger partial charge in [-0.3, -0.25) is 9.59 Å².